The fraction of sp³-hybridized carbons (Fsp3) is 0.800. The molecule has 0 aromatic carbocycles. The Morgan fingerprint density at radius 2 is 1.93 bits per heavy atom. The Morgan fingerprint density at radius 3 is 2.59 bits per heavy atom. The molecular formula is C20H34N4O2S. The van der Waals surface area contributed by atoms with Crippen molar-refractivity contribution in [1.82, 2.24) is 15.2 Å². The summed E-state index contributed by atoms with van der Waals surface area (Å²) < 4.78 is 5.26. The average Bonchev–Trinajstić information content (AvgIpc) is 3.07. The van der Waals surface area contributed by atoms with Crippen LogP contribution >= 0.6 is 11.3 Å². The first-order chi connectivity index (χ1) is 12.9. The maximum atomic E-state index is 11.8. The summed E-state index contributed by atoms with van der Waals surface area (Å²) in [6.07, 6.45) is 9.00. The van der Waals surface area contributed by atoms with E-state index in [-0.39, 0.29) is 0 Å². The van der Waals surface area contributed by atoms with Crippen LogP contribution in [0.4, 0.5) is 9.93 Å². The van der Waals surface area contributed by atoms with Crippen molar-refractivity contribution in [3.8, 4) is 0 Å². The predicted octanol–water partition coefficient (Wildman–Crippen LogP) is 4.38. The molecule has 1 saturated carbocycles. The predicted molar refractivity (Wildman–Crippen MR) is 110 cm³/mol. The van der Waals surface area contributed by atoms with E-state index in [4.69, 9.17) is 4.74 Å². The van der Waals surface area contributed by atoms with Crippen LogP contribution in [0.1, 0.15) is 71.4 Å². The molecule has 0 spiro atoms. The molecule has 0 unspecified atom stereocenters. The topological polar surface area (TPSA) is 66.5 Å². The lowest BCUT2D eigenvalue weighted by molar-refractivity contribution is 0.0636. The third-order valence-corrected chi connectivity index (χ3v) is 6.16. The van der Waals surface area contributed by atoms with Crippen LogP contribution in [-0.2, 0) is 11.3 Å². The van der Waals surface area contributed by atoms with Gasteiger partial charge in [-0.1, -0.05) is 19.3 Å². The first kappa shape index (κ1) is 20.6. The molecule has 1 aliphatic heterocycles. The Labute approximate surface area is 167 Å². The summed E-state index contributed by atoms with van der Waals surface area (Å²) in [7, 11) is 0. The highest BCUT2D eigenvalue weighted by Gasteiger charge is 2.26. The molecule has 3 rings (SSSR count). The number of carbonyl (C=O) groups excluding carboxylic acids is 1. The molecule has 2 aliphatic rings. The fourth-order valence-electron chi connectivity index (χ4n) is 4.00. The fourth-order valence-corrected chi connectivity index (χ4v) is 4.70. The summed E-state index contributed by atoms with van der Waals surface area (Å²) >= 11 is 1.44. The van der Waals surface area contributed by atoms with Crippen molar-refractivity contribution in [2.24, 2.45) is 0 Å². The summed E-state index contributed by atoms with van der Waals surface area (Å²) in [5.74, 6) is 0. The van der Waals surface area contributed by atoms with Gasteiger partial charge >= 0.3 is 6.09 Å². The molecule has 1 aliphatic carbocycles. The van der Waals surface area contributed by atoms with Gasteiger partial charge in [-0.2, -0.15) is 0 Å². The van der Waals surface area contributed by atoms with E-state index >= 15 is 0 Å². The second kappa shape index (κ2) is 9.34. The number of hydrogen-bond donors (Lipinski definition) is 2. The largest absolute Gasteiger partial charge is 0.444 e. The Bertz CT molecular complexity index is 599. The molecule has 6 nitrogen and oxygen atoms in total. The minimum absolute atomic E-state index is 0.452. The number of nitrogens with zero attached hydrogens (tertiary/aromatic N) is 2. The Hall–Kier alpha value is -1.18. The summed E-state index contributed by atoms with van der Waals surface area (Å²) in [5, 5.41) is 8.94. The molecule has 1 saturated heterocycles. The van der Waals surface area contributed by atoms with Crippen LogP contribution in [0.15, 0.2) is 5.38 Å². The molecule has 0 bridgehead atoms. The van der Waals surface area contributed by atoms with Gasteiger partial charge in [0.15, 0.2) is 5.13 Å². The lowest BCUT2D eigenvalue weighted by Gasteiger charge is -2.39. The highest BCUT2D eigenvalue weighted by Crippen LogP contribution is 2.25. The van der Waals surface area contributed by atoms with Gasteiger partial charge in [0.2, 0.25) is 0 Å². The zero-order chi connectivity index (χ0) is 19.3. The molecule has 2 fully saturated rings. The quantitative estimate of drug-likeness (QED) is 0.776. The van der Waals surface area contributed by atoms with E-state index < -0.39 is 11.7 Å². The number of thiazole rings is 1. The maximum Gasteiger partial charge on any atom is 0.413 e. The van der Waals surface area contributed by atoms with E-state index in [1.807, 2.05) is 26.2 Å². The minimum atomic E-state index is -0.502. The maximum absolute atomic E-state index is 11.8. The van der Waals surface area contributed by atoms with Crippen LogP contribution < -0.4 is 10.6 Å². The molecule has 0 radical (unpaired) electrons. The summed E-state index contributed by atoms with van der Waals surface area (Å²) in [6, 6.07) is 1.40. The molecule has 1 aromatic heterocycles. The number of rotatable bonds is 5. The molecule has 2 N–H and O–H groups in total. The van der Waals surface area contributed by atoms with E-state index in [1.165, 1.54) is 69.4 Å². The summed E-state index contributed by atoms with van der Waals surface area (Å²) in [4.78, 5) is 19.0. The number of aromatic nitrogens is 1. The van der Waals surface area contributed by atoms with Crippen molar-refractivity contribution >= 4 is 22.6 Å². The number of likely N-dealkylation sites (tertiary alicyclic amines) is 1. The number of nitrogens with one attached hydrogen (secondary N) is 2. The van der Waals surface area contributed by atoms with Crippen molar-refractivity contribution in [2.75, 3.05) is 18.4 Å². The molecule has 7 heteroatoms. The zero-order valence-corrected chi connectivity index (χ0v) is 17.7. The van der Waals surface area contributed by atoms with E-state index in [2.05, 4.69) is 20.5 Å². The second-order valence-corrected chi connectivity index (χ2v) is 9.61. The van der Waals surface area contributed by atoms with Crippen LogP contribution in [0.5, 0.6) is 0 Å². The highest BCUT2D eigenvalue weighted by molar-refractivity contribution is 7.13. The lowest BCUT2D eigenvalue weighted by atomic mass is 9.92. The van der Waals surface area contributed by atoms with Gasteiger partial charge in [0.05, 0.1) is 5.69 Å². The summed E-state index contributed by atoms with van der Waals surface area (Å²) in [5.41, 5.74) is 0.471. The first-order valence-electron chi connectivity index (χ1n) is 10.3. The normalized spacial score (nSPS) is 20.6. The SMILES string of the molecule is CC(C)(C)OC(=O)Nc1nc(CNC2CCN(C3CCCCC3)CC2)cs1. The van der Waals surface area contributed by atoms with Crippen LogP contribution in [0.25, 0.3) is 0 Å². The molecular weight excluding hydrogens is 360 g/mol. The van der Waals surface area contributed by atoms with E-state index in [9.17, 15) is 4.79 Å². The summed E-state index contributed by atoms with van der Waals surface area (Å²) in [6.45, 7) is 8.73. The van der Waals surface area contributed by atoms with Gasteiger partial charge in [-0.05, 0) is 59.5 Å². The van der Waals surface area contributed by atoms with Crippen LogP contribution in [-0.4, -0.2) is 46.8 Å². The average molecular weight is 395 g/mol. The number of carbonyl (C=O) groups is 1. The molecule has 0 atom stereocenters. The number of ether oxygens (including phenoxy) is 1. The van der Waals surface area contributed by atoms with Gasteiger partial charge < -0.3 is 15.0 Å². The highest BCUT2D eigenvalue weighted by atomic mass is 32.1. The lowest BCUT2D eigenvalue weighted by Crippen LogP contribution is -2.47. The van der Waals surface area contributed by atoms with Crippen LogP contribution in [0.3, 0.4) is 0 Å². The standard InChI is InChI=1S/C20H34N4O2S/c1-20(2,3)26-19(25)23-18-22-16(14-27-18)13-21-15-9-11-24(12-10-15)17-7-5-4-6-8-17/h14-15,17,21H,4-13H2,1-3H3,(H,22,23,25). The Balaban J connectivity index is 1.37. The van der Waals surface area contributed by atoms with Gasteiger partial charge in [-0.25, -0.2) is 9.78 Å². The van der Waals surface area contributed by atoms with E-state index in [1.54, 1.807) is 0 Å². The molecule has 1 amide bonds. The smallest absolute Gasteiger partial charge is 0.413 e. The third-order valence-electron chi connectivity index (χ3n) is 5.35. The number of piperidine rings is 1. The van der Waals surface area contributed by atoms with Crippen molar-refractivity contribution < 1.29 is 9.53 Å². The van der Waals surface area contributed by atoms with Gasteiger partial charge in [0.25, 0.3) is 0 Å². The Kier molecular flexibility index (Phi) is 7.11. The van der Waals surface area contributed by atoms with Crippen molar-refractivity contribution in [1.29, 1.82) is 0 Å². The minimum Gasteiger partial charge on any atom is -0.444 e. The van der Waals surface area contributed by atoms with Crippen molar-refractivity contribution in [2.45, 2.75) is 89.9 Å². The molecule has 152 valence electrons. The van der Waals surface area contributed by atoms with Crippen LogP contribution in [0, 0.1) is 0 Å². The van der Waals surface area contributed by atoms with Gasteiger partial charge in [-0.15, -0.1) is 11.3 Å². The Morgan fingerprint density at radius 1 is 1.22 bits per heavy atom. The molecule has 2 heterocycles. The van der Waals surface area contributed by atoms with Gasteiger partial charge in [0.1, 0.15) is 5.60 Å². The molecule has 1 aromatic rings. The van der Waals surface area contributed by atoms with Crippen molar-refractivity contribution in [3.63, 3.8) is 0 Å². The van der Waals surface area contributed by atoms with E-state index in [0.717, 1.165) is 18.3 Å². The first-order valence-corrected chi connectivity index (χ1v) is 11.2. The number of amides is 1. The molecule has 27 heavy (non-hydrogen) atoms. The second-order valence-electron chi connectivity index (χ2n) is 8.75. The number of hydrogen-bond acceptors (Lipinski definition) is 6. The van der Waals surface area contributed by atoms with Crippen LogP contribution in [0.2, 0.25) is 0 Å². The monoisotopic (exact) mass is 394 g/mol. The zero-order valence-electron chi connectivity index (χ0n) is 16.9. The van der Waals surface area contributed by atoms with Gasteiger partial charge in [0, 0.05) is 24.0 Å². The number of anilines is 1. The van der Waals surface area contributed by atoms with Crippen molar-refractivity contribution in [3.05, 3.63) is 11.1 Å². The van der Waals surface area contributed by atoms with Gasteiger partial charge in [-0.3, -0.25) is 5.32 Å². The third kappa shape index (κ3) is 6.73. The van der Waals surface area contributed by atoms with E-state index in [0.29, 0.717) is 11.2 Å².